The summed E-state index contributed by atoms with van der Waals surface area (Å²) in [6, 6.07) is 12.0. The topological polar surface area (TPSA) is 12.0 Å². The van der Waals surface area contributed by atoms with E-state index >= 15 is 0 Å². The van der Waals surface area contributed by atoms with Gasteiger partial charge in [-0.05, 0) is 44.6 Å². The van der Waals surface area contributed by atoms with Crippen molar-refractivity contribution < 1.29 is 0 Å². The Balaban J connectivity index is 2.23. The first-order valence-corrected chi connectivity index (χ1v) is 6.88. The maximum Gasteiger partial charge on any atom is 0.00443 e. The standard InChI is InChI=1S/C16H27N/c1-13(2)12-15(4)17-14(3)10-11-16-8-6-5-7-9-16/h5-9,13-15,17H,10-12H2,1-4H3/t14?,15-/m1/s1. The van der Waals surface area contributed by atoms with Crippen molar-refractivity contribution in [2.24, 2.45) is 5.92 Å². The van der Waals surface area contributed by atoms with Gasteiger partial charge in [-0.15, -0.1) is 0 Å². The molecular weight excluding hydrogens is 206 g/mol. The van der Waals surface area contributed by atoms with Crippen molar-refractivity contribution in [2.45, 2.75) is 59.0 Å². The van der Waals surface area contributed by atoms with Crippen molar-refractivity contribution in [1.29, 1.82) is 0 Å². The highest BCUT2D eigenvalue weighted by Crippen LogP contribution is 2.08. The van der Waals surface area contributed by atoms with Gasteiger partial charge in [-0.25, -0.2) is 0 Å². The second-order valence-corrected chi connectivity index (χ2v) is 5.62. The Morgan fingerprint density at radius 1 is 0.941 bits per heavy atom. The summed E-state index contributed by atoms with van der Waals surface area (Å²) in [5.41, 5.74) is 1.44. The SMILES string of the molecule is CC(C)C[C@@H](C)NC(C)CCc1ccccc1. The number of aryl methyl sites for hydroxylation is 1. The van der Waals surface area contributed by atoms with E-state index in [1.165, 1.54) is 24.8 Å². The van der Waals surface area contributed by atoms with Crippen molar-refractivity contribution in [3.63, 3.8) is 0 Å². The van der Waals surface area contributed by atoms with Gasteiger partial charge in [0.2, 0.25) is 0 Å². The van der Waals surface area contributed by atoms with E-state index in [2.05, 4.69) is 63.3 Å². The Hall–Kier alpha value is -0.820. The number of hydrogen-bond acceptors (Lipinski definition) is 1. The fourth-order valence-corrected chi connectivity index (χ4v) is 2.37. The molecule has 17 heavy (non-hydrogen) atoms. The maximum absolute atomic E-state index is 3.68. The second-order valence-electron chi connectivity index (χ2n) is 5.62. The molecule has 0 fully saturated rings. The average Bonchev–Trinajstić information content (AvgIpc) is 2.26. The summed E-state index contributed by atoms with van der Waals surface area (Å²) < 4.78 is 0. The molecule has 0 bridgehead atoms. The zero-order chi connectivity index (χ0) is 12.7. The Morgan fingerprint density at radius 2 is 1.59 bits per heavy atom. The van der Waals surface area contributed by atoms with E-state index in [1.807, 2.05) is 0 Å². The fraction of sp³-hybridized carbons (Fsp3) is 0.625. The molecule has 1 aromatic rings. The molecule has 1 N–H and O–H groups in total. The third-order valence-electron chi connectivity index (χ3n) is 3.10. The molecule has 1 aromatic carbocycles. The molecule has 2 atom stereocenters. The largest absolute Gasteiger partial charge is 0.312 e. The first kappa shape index (κ1) is 14.2. The van der Waals surface area contributed by atoms with Crippen molar-refractivity contribution in [3.05, 3.63) is 35.9 Å². The number of hydrogen-bond donors (Lipinski definition) is 1. The molecule has 0 radical (unpaired) electrons. The Morgan fingerprint density at radius 3 is 2.18 bits per heavy atom. The number of benzene rings is 1. The molecule has 0 amide bonds. The lowest BCUT2D eigenvalue weighted by Crippen LogP contribution is -2.35. The number of rotatable bonds is 7. The number of nitrogens with one attached hydrogen (secondary N) is 1. The molecular formula is C16H27N. The highest BCUT2D eigenvalue weighted by Gasteiger charge is 2.08. The van der Waals surface area contributed by atoms with Crippen molar-refractivity contribution in [3.8, 4) is 0 Å². The minimum Gasteiger partial charge on any atom is -0.312 e. The zero-order valence-corrected chi connectivity index (χ0v) is 11.7. The molecule has 0 saturated carbocycles. The van der Waals surface area contributed by atoms with Gasteiger partial charge < -0.3 is 5.32 Å². The monoisotopic (exact) mass is 233 g/mol. The normalized spacial score (nSPS) is 14.9. The van der Waals surface area contributed by atoms with Crippen LogP contribution in [0.25, 0.3) is 0 Å². The summed E-state index contributed by atoms with van der Waals surface area (Å²) in [7, 11) is 0. The highest BCUT2D eigenvalue weighted by molar-refractivity contribution is 5.14. The van der Waals surface area contributed by atoms with Gasteiger partial charge in [-0.2, -0.15) is 0 Å². The first-order chi connectivity index (χ1) is 8.08. The molecule has 0 saturated heterocycles. The molecule has 96 valence electrons. The van der Waals surface area contributed by atoms with Gasteiger partial charge >= 0.3 is 0 Å². The highest BCUT2D eigenvalue weighted by atomic mass is 14.9. The van der Waals surface area contributed by atoms with Gasteiger partial charge in [0.1, 0.15) is 0 Å². The van der Waals surface area contributed by atoms with E-state index in [0.717, 1.165) is 5.92 Å². The Labute approximate surface area is 107 Å². The molecule has 1 nitrogen and oxygen atoms in total. The van der Waals surface area contributed by atoms with E-state index in [-0.39, 0.29) is 0 Å². The van der Waals surface area contributed by atoms with Gasteiger partial charge in [-0.3, -0.25) is 0 Å². The third-order valence-corrected chi connectivity index (χ3v) is 3.10. The minimum absolute atomic E-state index is 0.601. The summed E-state index contributed by atoms with van der Waals surface area (Å²) in [5.74, 6) is 0.777. The molecule has 1 rings (SSSR count). The van der Waals surface area contributed by atoms with Crippen LogP contribution in [-0.4, -0.2) is 12.1 Å². The molecule has 0 spiro atoms. The second kappa shape index (κ2) is 7.50. The van der Waals surface area contributed by atoms with E-state index in [1.54, 1.807) is 0 Å². The smallest absolute Gasteiger partial charge is 0.00443 e. The van der Waals surface area contributed by atoms with Gasteiger partial charge in [0.15, 0.2) is 0 Å². The molecule has 0 aliphatic carbocycles. The van der Waals surface area contributed by atoms with Crippen LogP contribution < -0.4 is 5.32 Å². The quantitative estimate of drug-likeness (QED) is 0.749. The Bertz CT molecular complexity index is 292. The lowest BCUT2D eigenvalue weighted by Gasteiger charge is -2.21. The molecule has 0 aliphatic heterocycles. The van der Waals surface area contributed by atoms with E-state index in [9.17, 15) is 0 Å². The van der Waals surface area contributed by atoms with E-state index < -0.39 is 0 Å². The molecule has 0 heterocycles. The van der Waals surface area contributed by atoms with Crippen molar-refractivity contribution in [1.82, 2.24) is 5.32 Å². The average molecular weight is 233 g/mol. The van der Waals surface area contributed by atoms with Crippen LogP contribution >= 0.6 is 0 Å². The summed E-state index contributed by atoms with van der Waals surface area (Å²) in [4.78, 5) is 0. The molecule has 0 aromatic heterocycles. The summed E-state index contributed by atoms with van der Waals surface area (Å²) in [5, 5.41) is 3.68. The van der Waals surface area contributed by atoms with Crippen LogP contribution in [0.2, 0.25) is 0 Å². The van der Waals surface area contributed by atoms with E-state index in [0.29, 0.717) is 12.1 Å². The minimum atomic E-state index is 0.601. The van der Waals surface area contributed by atoms with Crippen molar-refractivity contribution in [2.75, 3.05) is 0 Å². The van der Waals surface area contributed by atoms with E-state index in [4.69, 9.17) is 0 Å². The summed E-state index contributed by atoms with van der Waals surface area (Å²) >= 11 is 0. The Kier molecular flexibility index (Phi) is 6.28. The van der Waals surface area contributed by atoms with Gasteiger partial charge in [0.25, 0.3) is 0 Å². The molecule has 1 heteroatoms. The van der Waals surface area contributed by atoms with Crippen LogP contribution in [0.1, 0.15) is 46.1 Å². The summed E-state index contributed by atoms with van der Waals surface area (Å²) in [6.07, 6.45) is 3.64. The van der Waals surface area contributed by atoms with Crippen LogP contribution in [-0.2, 0) is 6.42 Å². The van der Waals surface area contributed by atoms with Crippen LogP contribution in [0, 0.1) is 5.92 Å². The van der Waals surface area contributed by atoms with Crippen LogP contribution in [0.3, 0.4) is 0 Å². The van der Waals surface area contributed by atoms with Crippen LogP contribution in [0.5, 0.6) is 0 Å². The van der Waals surface area contributed by atoms with Gasteiger partial charge in [0, 0.05) is 12.1 Å². The predicted octanol–water partition coefficient (Wildman–Crippen LogP) is 4.03. The van der Waals surface area contributed by atoms with Crippen LogP contribution in [0.4, 0.5) is 0 Å². The van der Waals surface area contributed by atoms with Crippen LogP contribution in [0.15, 0.2) is 30.3 Å². The zero-order valence-electron chi connectivity index (χ0n) is 11.7. The van der Waals surface area contributed by atoms with Gasteiger partial charge in [0.05, 0.1) is 0 Å². The fourth-order valence-electron chi connectivity index (χ4n) is 2.37. The summed E-state index contributed by atoms with van der Waals surface area (Å²) in [6.45, 7) is 9.15. The maximum atomic E-state index is 3.68. The molecule has 0 aliphatic rings. The molecule has 1 unspecified atom stereocenters. The first-order valence-electron chi connectivity index (χ1n) is 6.88. The lowest BCUT2D eigenvalue weighted by atomic mass is 10.0. The third kappa shape index (κ3) is 6.48. The van der Waals surface area contributed by atoms with Crippen molar-refractivity contribution >= 4 is 0 Å². The predicted molar refractivity (Wildman–Crippen MR) is 76.3 cm³/mol. The lowest BCUT2D eigenvalue weighted by molar-refractivity contribution is 0.390. The van der Waals surface area contributed by atoms with Gasteiger partial charge in [-0.1, -0.05) is 44.2 Å².